The van der Waals surface area contributed by atoms with Gasteiger partial charge in [0.1, 0.15) is 0 Å². The highest BCUT2D eigenvalue weighted by Gasteiger charge is 2.22. The maximum absolute atomic E-state index is 13.1. The molecule has 174 valence electrons. The Morgan fingerprint density at radius 2 is 1.28 bits per heavy atom. The van der Waals surface area contributed by atoms with Gasteiger partial charge in [-0.3, -0.25) is 4.79 Å². The number of hydrogen-bond acceptors (Lipinski definition) is 8. The van der Waals surface area contributed by atoms with Crippen LogP contribution in [0.4, 0.5) is 5.69 Å². The van der Waals surface area contributed by atoms with Gasteiger partial charge in [0, 0.05) is 17.7 Å². The molecule has 0 heterocycles. The van der Waals surface area contributed by atoms with Crippen molar-refractivity contribution in [2.75, 3.05) is 46.5 Å². The minimum absolute atomic E-state index is 0.111. The van der Waals surface area contributed by atoms with Crippen LogP contribution in [0.15, 0.2) is 24.3 Å². The van der Waals surface area contributed by atoms with E-state index in [1.54, 1.807) is 12.1 Å². The van der Waals surface area contributed by atoms with Crippen LogP contribution in [0.1, 0.15) is 41.5 Å². The topological polar surface area (TPSA) is 102 Å². The van der Waals surface area contributed by atoms with E-state index in [9.17, 15) is 9.59 Å². The van der Waals surface area contributed by atoms with Gasteiger partial charge < -0.3 is 33.7 Å². The van der Waals surface area contributed by atoms with Gasteiger partial charge in [-0.1, -0.05) is 0 Å². The fraction of sp³-hybridized carbons (Fsp3) is 0.391. The van der Waals surface area contributed by atoms with Crippen LogP contribution in [0, 0.1) is 0 Å². The molecule has 0 bridgehead atoms. The molecule has 0 aromatic heterocycles. The predicted molar refractivity (Wildman–Crippen MR) is 119 cm³/mol. The van der Waals surface area contributed by atoms with Crippen molar-refractivity contribution in [2.24, 2.45) is 0 Å². The van der Waals surface area contributed by atoms with Gasteiger partial charge >= 0.3 is 5.97 Å². The van der Waals surface area contributed by atoms with Crippen molar-refractivity contribution in [3.8, 4) is 28.7 Å². The van der Waals surface area contributed by atoms with Crippen LogP contribution in [-0.4, -0.2) is 53.0 Å². The van der Waals surface area contributed by atoms with Crippen molar-refractivity contribution in [3.63, 3.8) is 0 Å². The summed E-state index contributed by atoms with van der Waals surface area (Å²) in [5, 5.41) is 2.73. The standard InChI is InChI=1S/C23H29NO8/c1-7-30-19-10-14(11-20(31-8-2)21(19)32-9-3)22(25)24-16-13-18(28-5)17(27-4)12-15(16)23(26)29-6/h10-13H,7-9H2,1-6H3,(H,24,25). The van der Waals surface area contributed by atoms with E-state index in [0.29, 0.717) is 48.6 Å². The van der Waals surface area contributed by atoms with E-state index in [2.05, 4.69) is 5.32 Å². The van der Waals surface area contributed by atoms with Crippen molar-refractivity contribution in [2.45, 2.75) is 20.8 Å². The zero-order chi connectivity index (χ0) is 23.7. The number of amides is 1. The normalized spacial score (nSPS) is 10.2. The molecular weight excluding hydrogens is 418 g/mol. The molecule has 0 aliphatic heterocycles. The van der Waals surface area contributed by atoms with Crippen LogP contribution in [0.2, 0.25) is 0 Å². The van der Waals surface area contributed by atoms with E-state index in [-0.39, 0.29) is 16.8 Å². The van der Waals surface area contributed by atoms with Gasteiger partial charge in [0.05, 0.1) is 52.4 Å². The van der Waals surface area contributed by atoms with E-state index in [0.717, 1.165) is 0 Å². The molecule has 0 fully saturated rings. The molecule has 0 saturated heterocycles. The highest BCUT2D eigenvalue weighted by molar-refractivity contribution is 6.09. The van der Waals surface area contributed by atoms with Crippen molar-refractivity contribution in [1.82, 2.24) is 0 Å². The number of ether oxygens (including phenoxy) is 6. The quantitative estimate of drug-likeness (QED) is 0.517. The molecule has 1 amide bonds. The average Bonchev–Trinajstić information content (AvgIpc) is 2.80. The van der Waals surface area contributed by atoms with Crippen LogP contribution in [0.25, 0.3) is 0 Å². The molecular formula is C23H29NO8. The summed E-state index contributed by atoms with van der Waals surface area (Å²) in [5.74, 6) is 0.715. The molecule has 0 aliphatic carbocycles. The van der Waals surface area contributed by atoms with Crippen LogP contribution < -0.4 is 29.0 Å². The maximum atomic E-state index is 13.1. The van der Waals surface area contributed by atoms with Gasteiger partial charge in [-0.25, -0.2) is 4.79 Å². The third-order valence-corrected chi connectivity index (χ3v) is 4.35. The van der Waals surface area contributed by atoms with Gasteiger partial charge in [-0.05, 0) is 32.9 Å². The lowest BCUT2D eigenvalue weighted by Gasteiger charge is -2.18. The Balaban J connectivity index is 2.52. The number of anilines is 1. The summed E-state index contributed by atoms with van der Waals surface area (Å²) in [5.41, 5.74) is 0.565. The summed E-state index contributed by atoms with van der Waals surface area (Å²) in [4.78, 5) is 25.4. The first kappa shape index (κ1) is 24.6. The Bertz CT molecular complexity index is 930. The molecule has 2 aromatic carbocycles. The number of esters is 1. The molecule has 32 heavy (non-hydrogen) atoms. The number of hydrogen-bond donors (Lipinski definition) is 1. The second-order valence-corrected chi connectivity index (χ2v) is 6.30. The minimum atomic E-state index is -0.641. The first-order chi connectivity index (χ1) is 15.4. The minimum Gasteiger partial charge on any atom is -0.493 e. The van der Waals surface area contributed by atoms with Crippen molar-refractivity contribution < 1.29 is 38.0 Å². The Labute approximate surface area is 187 Å². The lowest BCUT2D eigenvalue weighted by atomic mass is 10.1. The smallest absolute Gasteiger partial charge is 0.340 e. The van der Waals surface area contributed by atoms with Crippen LogP contribution in [0.5, 0.6) is 28.7 Å². The van der Waals surface area contributed by atoms with E-state index in [1.165, 1.54) is 33.5 Å². The number of nitrogens with one attached hydrogen (secondary N) is 1. The number of carbonyl (C=O) groups is 2. The fourth-order valence-corrected chi connectivity index (χ4v) is 2.98. The first-order valence-corrected chi connectivity index (χ1v) is 10.2. The van der Waals surface area contributed by atoms with Crippen LogP contribution in [0.3, 0.4) is 0 Å². The van der Waals surface area contributed by atoms with Crippen LogP contribution in [-0.2, 0) is 4.74 Å². The molecule has 0 saturated carbocycles. The summed E-state index contributed by atoms with van der Waals surface area (Å²) in [7, 11) is 4.15. The third kappa shape index (κ3) is 5.54. The number of benzene rings is 2. The van der Waals surface area contributed by atoms with E-state index in [4.69, 9.17) is 28.4 Å². The molecule has 0 unspecified atom stereocenters. The van der Waals surface area contributed by atoms with Gasteiger partial charge in [0.25, 0.3) is 5.91 Å². The zero-order valence-corrected chi connectivity index (χ0v) is 19.2. The summed E-state index contributed by atoms with van der Waals surface area (Å²) < 4.78 is 32.4. The van der Waals surface area contributed by atoms with Gasteiger partial charge in [-0.15, -0.1) is 0 Å². The third-order valence-electron chi connectivity index (χ3n) is 4.35. The number of methoxy groups -OCH3 is 3. The lowest BCUT2D eigenvalue weighted by molar-refractivity contribution is 0.0601. The summed E-state index contributed by atoms with van der Waals surface area (Å²) in [6.07, 6.45) is 0. The van der Waals surface area contributed by atoms with E-state index < -0.39 is 11.9 Å². The van der Waals surface area contributed by atoms with Crippen LogP contribution >= 0.6 is 0 Å². The zero-order valence-electron chi connectivity index (χ0n) is 19.2. The second kappa shape index (κ2) is 11.7. The Morgan fingerprint density at radius 3 is 1.75 bits per heavy atom. The number of rotatable bonds is 11. The first-order valence-electron chi connectivity index (χ1n) is 10.2. The van der Waals surface area contributed by atoms with Crippen molar-refractivity contribution in [3.05, 3.63) is 35.4 Å². The van der Waals surface area contributed by atoms with Gasteiger partial charge in [0.15, 0.2) is 23.0 Å². The Hall–Kier alpha value is -3.62. The van der Waals surface area contributed by atoms with E-state index >= 15 is 0 Å². The molecule has 1 N–H and O–H groups in total. The van der Waals surface area contributed by atoms with Crippen molar-refractivity contribution in [1.29, 1.82) is 0 Å². The molecule has 9 heteroatoms. The highest BCUT2D eigenvalue weighted by Crippen LogP contribution is 2.40. The largest absolute Gasteiger partial charge is 0.493 e. The van der Waals surface area contributed by atoms with Crippen molar-refractivity contribution >= 4 is 17.6 Å². The second-order valence-electron chi connectivity index (χ2n) is 6.30. The number of carbonyl (C=O) groups excluding carboxylic acids is 2. The molecule has 2 rings (SSSR count). The fourth-order valence-electron chi connectivity index (χ4n) is 2.98. The predicted octanol–water partition coefficient (Wildman–Crippen LogP) is 3.94. The SMILES string of the molecule is CCOc1cc(C(=O)Nc2cc(OC)c(OC)cc2C(=O)OC)cc(OCC)c1OCC. The molecule has 9 nitrogen and oxygen atoms in total. The molecule has 0 spiro atoms. The maximum Gasteiger partial charge on any atom is 0.340 e. The lowest BCUT2D eigenvalue weighted by Crippen LogP contribution is -2.16. The molecule has 0 atom stereocenters. The molecule has 2 aromatic rings. The molecule has 0 aliphatic rings. The van der Waals surface area contributed by atoms with Gasteiger partial charge in [-0.2, -0.15) is 0 Å². The Morgan fingerprint density at radius 1 is 0.750 bits per heavy atom. The summed E-state index contributed by atoms with van der Waals surface area (Å²) in [6, 6.07) is 6.05. The monoisotopic (exact) mass is 447 g/mol. The van der Waals surface area contributed by atoms with Gasteiger partial charge in [0.2, 0.25) is 5.75 Å². The Kier molecular flexibility index (Phi) is 9.00. The summed E-state index contributed by atoms with van der Waals surface area (Å²) >= 11 is 0. The molecule has 0 radical (unpaired) electrons. The average molecular weight is 447 g/mol. The van der Waals surface area contributed by atoms with E-state index in [1.807, 2.05) is 20.8 Å². The summed E-state index contributed by atoms with van der Waals surface area (Å²) in [6.45, 7) is 6.65. The highest BCUT2D eigenvalue weighted by atomic mass is 16.5.